The van der Waals surface area contributed by atoms with E-state index in [4.69, 9.17) is 4.74 Å². The fourth-order valence-electron chi connectivity index (χ4n) is 12.0. The minimum absolute atomic E-state index is 0.0119. The van der Waals surface area contributed by atoms with Crippen LogP contribution < -0.4 is 5.32 Å². The van der Waals surface area contributed by atoms with Gasteiger partial charge < -0.3 is 20.3 Å². The van der Waals surface area contributed by atoms with E-state index < -0.39 is 12.1 Å². The number of carbonyl (C=O) groups excluding carboxylic acids is 2. The lowest BCUT2D eigenvalue weighted by Gasteiger charge is -2.22. The van der Waals surface area contributed by atoms with E-state index in [9.17, 15) is 19.8 Å². The van der Waals surface area contributed by atoms with Crippen molar-refractivity contribution in [1.82, 2.24) is 5.32 Å². The monoisotopic (exact) mass is 1150 g/mol. The van der Waals surface area contributed by atoms with E-state index in [2.05, 4.69) is 43.5 Å². The van der Waals surface area contributed by atoms with Gasteiger partial charge >= 0.3 is 5.97 Å². The molecule has 0 aromatic heterocycles. The average Bonchev–Trinajstić information content (AvgIpc) is 3.48. The summed E-state index contributed by atoms with van der Waals surface area (Å²) in [6.45, 7) is 4.97. The SMILES string of the molecule is CCCCC/C=C\CCCCCCCC(=O)OCCCCCCCCCCCCCCCCCC/C=C\CCCCCCCCCCCCCCCCCCCC(=O)NC(CO)C(O)CCCCCCCCCCCCCCCCCC. The van der Waals surface area contributed by atoms with Gasteiger partial charge in [0.15, 0.2) is 0 Å². The van der Waals surface area contributed by atoms with Crippen LogP contribution in [0.3, 0.4) is 0 Å². The fraction of sp³-hybridized carbons (Fsp3) is 0.921. The largest absolute Gasteiger partial charge is 0.466 e. The number of ether oxygens (including phenoxy) is 1. The van der Waals surface area contributed by atoms with Crippen LogP contribution in [0.5, 0.6) is 0 Å². The Morgan fingerprint density at radius 1 is 0.329 bits per heavy atom. The van der Waals surface area contributed by atoms with Crippen LogP contribution in [0.4, 0.5) is 0 Å². The maximum absolute atomic E-state index is 12.5. The molecular weight excluding hydrogens is 1010 g/mol. The molecule has 0 spiro atoms. The van der Waals surface area contributed by atoms with Crippen molar-refractivity contribution < 1.29 is 24.5 Å². The summed E-state index contributed by atoms with van der Waals surface area (Å²) in [6.07, 6.45) is 91.2. The molecule has 0 fully saturated rings. The Morgan fingerprint density at radius 3 is 0.890 bits per heavy atom. The molecule has 82 heavy (non-hydrogen) atoms. The summed E-state index contributed by atoms with van der Waals surface area (Å²) in [4.78, 5) is 24.6. The first-order valence-corrected chi connectivity index (χ1v) is 37.6. The standard InChI is InChI=1S/C76H147NO5/c1-3-5-7-9-11-13-15-17-18-42-45-48-52-56-60-64-68-74(79)73(72-78)77-75(80)69-65-61-57-53-49-46-43-40-38-36-34-32-30-28-26-24-22-20-19-21-23-25-27-29-31-33-35-37-39-41-44-47-51-55-59-63-67-71-82-76(81)70-66-62-58-54-50-16-14-12-10-8-6-4-2/h12,14,19,21,73-74,78-79H,3-11,13,15-18,20,22-72H2,1-2H3,(H,77,80)/b14-12-,21-19-. The van der Waals surface area contributed by atoms with E-state index in [1.165, 1.54) is 347 Å². The van der Waals surface area contributed by atoms with Crippen LogP contribution in [0.2, 0.25) is 0 Å². The maximum atomic E-state index is 12.5. The van der Waals surface area contributed by atoms with Crippen LogP contribution >= 0.6 is 0 Å². The topological polar surface area (TPSA) is 95.9 Å². The Kier molecular flexibility index (Phi) is 70.4. The number of nitrogens with one attached hydrogen (secondary N) is 1. The normalized spacial score (nSPS) is 12.6. The van der Waals surface area contributed by atoms with E-state index in [0.717, 1.165) is 44.9 Å². The Bertz CT molecular complexity index is 1280. The number of rotatable bonds is 71. The quantitative estimate of drug-likeness (QED) is 0.0320. The molecule has 0 radical (unpaired) electrons. The van der Waals surface area contributed by atoms with Crippen LogP contribution in [0, 0.1) is 0 Å². The summed E-state index contributed by atoms with van der Waals surface area (Å²) < 4.78 is 5.48. The predicted molar refractivity (Wildman–Crippen MR) is 361 cm³/mol. The van der Waals surface area contributed by atoms with Crippen LogP contribution in [0.25, 0.3) is 0 Å². The Labute approximate surface area is 513 Å². The third kappa shape index (κ3) is 67.5. The summed E-state index contributed by atoms with van der Waals surface area (Å²) in [7, 11) is 0. The third-order valence-corrected chi connectivity index (χ3v) is 17.7. The zero-order chi connectivity index (χ0) is 59.2. The first-order chi connectivity index (χ1) is 40.5. The van der Waals surface area contributed by atoms with Crippen LogP contribution in [-0.4, -0.2) is 47.4 Å². The second-order valence-corrected chi connectivity index (χ2v) is 26.0. The van der Waals surface area contributed by atoms with Gasteiger partial charge in [-0.05, 0) is 77.0 Å². The summed E-state index contributed by atoms with van der Waals surface area (Å²) in [5.41, 5.74) is 0. The number of allylic oxidation sites excluding steroid dienone is 4. The minimum Gasteiger partial charge on any atom is -0.466 e. The van der Waals surface area contributed by atoms with Crippen LogP contribution in [0.15, 0.2) is 24.3 Å². The van der Waals surface area contributed by atoms with Gasteiger partial charge in [-0.15, -0.1) is 0 Å². The molecule has 0 bridgehead atoms. The van der Waals surface area contributed by atoms with Gasteiger partial charge in [-0.25, -0.2) is 0 Å². The van der Waals surface area contributed by atoms with Crippen molar-refractivity contribution >= 4 is 11.9 Å². The van der Waals surface area contributed by atoms with E-state index in [1.54, 1.807) is 0 Å². The molecule has 6 nitrogen and oxygen atoms in total. The molecule has 0 aliphatic rings. The number of esters is 1. The van der Waals surface area contributed by atoms with Gasteiger partial charge in [-0.1, -0.05) is 359 Å². The number of hydrogen-bond acceptors (Lipinski definition) is 5. The third-order valence-electron chi connectivity index (χ3n) is 17.7. The lowest BCUT2D eigenvalue weighted by molar-refractivity contribution is -0.143. The highest BCUT2D eigenvalue weighted by Crippen LogP contribution is 2.19. The van der Waals surface area contributed by atoms with Gasteiger partial charge in [-0.3, -0.25) is 9.59 Å². The molecule has 0 saturated carbocycles. The molecule has 486 valence electrons. The molecule has 0 aromatic rings. The second-order valence-electron chi connectivity index (χ2n) is 26.0. The summed E-state index contributed by atoms with van der Waals surface area (Å²) in [6, 6.07) is -0.538. The maximum Gasteiger partial charge on any atom is 0.305 e. The van der Waals surface area contributed by atoms with Crippen molar-refractivity contribution in [2.75, 3.05) is 13.2 Å². The predicted octanol–water partition coefficient (Wildman–Crippen LogP) is 24.5. The number of aliphatic hydroxyl groups excluding tert-OH is 2. The smallest absolute Gasteiger partial charge is 0.305 e. The van der Waals surface area contributed by atoms with Gasteiger partial charge in [0.1, 0.15) is 0 Å². The van der Waals surface area contributed by atoms with Crippen molar-refractivity contribution in [2.45, 2.75) is 437 Å². The van der Waals surface area contributed by atoms with Gasteiger partial charge in [-0.2, -0.15) is 0 Å². The lowest BCUT2D eigenvalue weighted by atomic mass is 10.0. The number of unbranched alkanes of at least 4 members (excludes halogenated alkanes) is 56. The highest BCUT2D eigenvalue weighted by Gasteiger charge is 2.20. The Hall–Kier alpha value is -1.66. The number of carbonyl (C=O) groups is 2. The van der Waals surface area contributed by atoms with Gasteiger partial charge in [0.25, 0.3) is 0 Å². The van der Waals surface area contributed by atoms with Crippen molar-refractivity contribution in [3.63, 3.8) is 0 Å². The molecule has 3 N–H and O–H groups in total. The van der Waals surface area contributed by atoms with Crippen molar-refractivity contribution in [3.05, 3.63) is 24.3 Å². The number of aliphatic hydroxyl groups is 2. The van der Waals surface area contributed by atoms with E-state index in [0.29, 0.717) is 25.9 Å². The number of hydrogen-bond donors (Lipinski definition) is 3. The minimum atomic E-state index is -0.661. The highest BCUT2D eigenvalue weighted by molar-refractivity contribution is 5.76. The van der Waals surface area contributed by atoms with E-state index >= 15 is 0 Å². The molecule has 0 aromatic carbocycles. The summed E-state index contributed by atoms with van der Waals surface area (Å²) >= 11 is 0. The zero-order valence-electron chi connectivity index (χ0n) is 55.8. The molecular formula is C76H147NO5. The Balaban J connectivity index is 3.32. The molecule has 0 aliphatic carbocycles. The highest BCUT2D eigenvalue weighted by atomic mass is 16.5. The number of amides is 1. The van der Waals surface area contributed by atoms with Crippen molar-refractivity contribution in [3.8, 4) is 0 Å². The Morgan fingerprint density at radius 2 is 0.573 bits per heavy atom. The lowest BCUT2D eigenvalue weighted by Crippen LogP contribution is -2.45. The van der Waals surface area contributed by atoms with E-state index in [-0.39, 0.29) is 18.5 Å². The molecule has 0 rings (SSSR count). The molecule has 2 atom stereocenters. The fourth-order valence-corrected chi connectivity index (χ4v) is 12.0. The molecule has 0 heterocycles. The van der Waals surface area contributed by atoms with Gasteiger partial charge in [0.05, 0.1) is 25.4 Å². The van der Waals surface area contributed by atoms with Gasteiger partial charge in [0, 0.05) is 12.8 Å². The summed E-state index contributed by atoms with van der Waals surface area (Å²) in [5.74, 6) is -0.0154. The first-order valence-electron chi connectivity index (χ1n) is 37.6. The zero-order valence-corrected chi connectivity index (χ0v) is 55.8. The summed E-state index contributed by atoms with van der Waals surface area (Å²) in [5, 5.41) is 23.4. The molecule has 2 unspecified atom stereocenters. The van der Waals surface area contributed by atoms with Crippen molar-refractivity contribution in [2.24, 2.45) is 0 Å². The van der Waals surface area contributed by atoms with Crippen LogP contribution in [-0.2, 0) is 14.3 Å². The molecule has 6 heteroatoms. The molecule has 0 aliphatic heterocycles. The molecule has 1 amide bonds. The molecule has 0 saturated heterocycles. The second kappa shape index (κ2) is 71.8. The van der Waals surface area contributed by atoms with Gasteiger partial charge in [0.2, 0.25) is 5.91 Å². The first kappa shape index (κ1) is 80.3. The van der Waals surface area contributed by atoms with E-state index in [1.807, 2.05) is 0 Å². The van der Waals surface area contributed by atoms with Crippen LogP contribution in [0.1, 0.15) is 425 Å². The van der Waals surface area contributed by atoms with Crippen molar-refractivity contribution in [1.29, 1.82) is 0 Å². The average molecular weight is 1160 g/mol.